The fourth-order valence-electron chi connectivity index (χ4n) is 0. The summed E-state index contributed by atoms with van der Waals surface area (Å²) in [6.45, 7) is 26.3. The predicted octanol–water partition coefficient (Wildman–Crippen LogP) is 5.49. The summed E-state index contributed by atoms with van der Waals surface area (Å²) in [6.07, 6.45) is 0. The quantitative estimate of drug-likeness (QED) is 0.373. The van der Waals surface area contributed by atoms with Crippen molar-refractivity contribution in [3.8, 4) is 0 Å². The van der Waals surface area contributed by atoms with Gasteiger partial charge in [0.15, 0.2) is 0 Å². The van der Waals surface area contributed by atoms with E-state index < -0.39 is 0 Å². The van der Waals surface area contributed by atoms with Crippen LogP contribution in [0.3, 0.4) is 0 Å². The average molecular weight is 518 g/mol. The van der Waals surface area contributed by atoms with Gasteiger partial charge in [0.1, 0.15) is 0 Å². The Hall–Kier alpha value is 2.39. The molecule has 0 fully saturated rings. The second-order valence-corrected chi connectivity index (χ2v) is 22.0. The van der Waals surface area contributed by atoms with Crippen LogP contribution in [-0.2, 0) is 0 Å². The normalized spacial score (nSPS) is 11.9. The zero-order chi connectivity index (χ0) is 18.0. The van der Waals surface area contributed by atoms with E-state index in [0.29, 0.717) is 16.3 Å². The summed E-state index contributed by atoms with van der Waals surface area (Å²) in [7, 11) is 0. The Morgan fingerprint density at radius 3 is 0.450 bits per heavy atom. The molecule has 0 rings (SSSR count). The average Bonchev–Trinajstić information content (AvgIpc) is 1.62. The minimum atomic E-state index is 0.438. The van der Waals surface area contributed by atoms with Gasteiger partial charge in [0.05, 0.1) is 0 Å². The molecule has 20 heavy (non-hydrogen) atoms. The molecule has 0 aromatic heterocycles. The SMILES string of the molecule is CC(C)(C)[As].CC(C)(C)[As].C[C](C)(C)[Ga].C[C](C)(C)[Ga]. The van der Waals surface area contributed by atoms with E-state index >= 15 is 0 Å². The molecule has 0 amide bonds. The Morgan fingerprint density at radius 2 is 0.450 bits per heavy atom. The van der Waals surface area contributed by atoms with Crippen molar-refractivity contribution < 1.29 is 0 Å². The molecule has 0 N–H and O–H groups in total. The third-order valence-electron chi connectivity index (χ3n) is 0. The summed E-state index contributed by atoms with van der Waals surface area (Å²) in [5, 5.41) is 0. The molecule has 0 aliphatic carbocycles. The second kappa shape index (κ2) is 12.8. The summed E-state index contributed by atoms with van der Waals surface area (Å²) < 4.78 is 2.00. The van der Waals surface area contributed by atoms with Crippen LogP contribution in [0.2, 0.25) is 16.3 Å². The van der Waals surface area contributed by atoms with Crippen molar-refractivity contribution in [3.63, 3.8) is 0 Å². The third-order valence-corrected chi connectivity index (χ3v) is 0. The van der Waals surface area contributed by atoms with Crippen LogP contribution in [0.4, 0.5) is 0 Å². The maximum absolute atomic E-state index is 2.58. The van der Waals surface area contributed by atoms with E-state index in [9.17, 15) is 0 Å². The van der Waals surface area contributed by atoms with Crippen LogP contribution in [-0.4, -0.2) is 70.9 Å². The van der Waals surface area contributed by atoms with Crippen LogP contribution < -0.4 is 0 Å². The van der Waals surface area contributed by atoms with E-state index in [2.05, 4.69) is 117 Å². The number of hydrogen-bond acceptors (Lipinski definition) is 0. The van der Waals surface area contributed by atoms with Crippen LogP contribution in [0.15, 0.2) is 0 Å². The van der Waals surface area contributed by atoms with Crippen LogP contribution in [0, 0.1) is 0 Å². The van der Waals surface area contributed by atoms with Crippen molar-refractivity contribution in [2.45, 2.75) is 99.4 Å². The monoisotopic (exact) mass is 516 g/mol. The van der Waals surface area contributed by atoms with Crippen LogP contribution >= 0.6 is 0 Å². The van der Waals surface area contributed by atoms with Gasteiger partial charge in [-0.1, -0.05) is 0 Å². The Morgan fingerprint density at radius 1 is 0.450 bits per heavy atom. The Labute approximate surface area is 169 Å². The first kappa shape index (κ1) is 30.3. The van der Waals surface area contributed by atoms with Crippen molar-refractivity contribution in [2.24, 2.45) is 0 Å². The first-order valence-corrected chi connectivity index (χ1v) is 11.3. The molecule has 0 spiro atoms. The fraction of sp³-hybridized carbons (Fsp3) is 1.00. The molecule has 0 heterocycles. The molecule has 0 nitrogen and oxygen atoms in total. The van der Waals surface area contributed by atoms with Crippen molar-refractivity contribution in [1.82, 2.24) is 0 Å². The zero-order valence-corrected chi connectivity index (χ0v) is 24.6. The van der Waals surface area contributed by atoms with Gasteiger partial charge in [-0.25, -0.2) is 0 Å². The van der Waals surface area contributed by atoms with Gasteiger partial charge in [0.2, 0.25) is 0 Å². The number of rotatable bonds is 0. The molecular formula is C16H36As2Ga2. The first-order chi connectivity index (χ1) is 8.00. The molecule has 0 aromatic carbocycles. The summed E-state index contributed by atoms with van der Waals surface area (Å²) in [5.74, 6) is 0. The molecular weight excluding hydrogens is 481 g/mol. The van der Waals surface area contributed by atoms with E-state index in [1.807, 2.05) is 0 Å². The molecule has 8 radical (unpaired) electrons. The topological polar surface area (TPSA) is 0 Å². The van der Waals surface area contributed by atoms with Gasteiger partial charge >= 0.3 is 170 Å². The third kappa shape index (κ3) is 1340. The van der Waals surface area contributed by atoms with Gasteiger partial charge in [-0.15, -0.1) is 0 Å². The van der Waals surface area contributed by atoms with Crippen molar-refractivity contribution in [2.75, 3.05) is 0 Å². The van der Waals surface area contributed by atoms with Gasteiger partial charge < -0.3 is 0 Å². The molecule has 0 bridgehead atoms. The summed E-state index contributed by atoms with van der Waals surface area (Å²) in [4.78, 5) is 0. The van der Waals surface area contributed by atoms with Gasteiger partial charge in [0.25, 0.3) is 0 Å². The van der Waals surface area contributed by atoms with Crippen molar-refractivity contribution in [3.05, 3.63) is 0 Å². The first-order valence-electron chi connectivity index (χ1n) is 7.02. The minimum absolute atomic E-state index is 0.438. The summed E-state index contributed by atoms with van der Waals surface area (Å²) >= 11 is 8.75. The van der Waals surface area contributed by atoms with Gasteiger partial charge in [-0.3, -0.25) is 0 Å². The second-order valence-electron chi connectivity index (χ2n) is 9.07. The molecule has 0 saturated carbocycles. The van der Waals surface area contributed by atoms with Gasteiger partial charge in [0, 0.05) is 0 Å². The van der Waals surface area contributed by atoms with E-state index in [-0.39, 0.29) is 0 Å². The maximum atomic E-state index is 2.58. The molecule has 4 heteroatoms. The molecule has 0 unspecified atom stereocenters. The Bertz CT molecular complexity index is 128. The van der Waals surface area contributed by atoms with Crippen molar-refractivity contribution >= 4 is 70.9 Å². The fourth-order valence-corrected chi connectivity index (χ4v) is 0. The van der Waals surface area contributed by atoms with Crippen LogP contribution in [0.25, 0.3) is 0 Å². The molecule has 0 saturated heterocycles. The van der Waals surface area contributed by atoms with Crippen LogP contribution in [0.5, 0.6) is 0 Å². The van der Waals surface area contributed by atoms with E-state index in [1.54, 1.807) is 37.2 Å². The van der Waals surface area contributed by atoms with E-state index in [4.69, 9.17) is 0 Å². The number of hydrogen-bond donors (Lipinski definition) is 0. The summed E-state index contributed by atoms with van der Waals surface area (Å²) in [5.41, 5.74) is 0. The van der Waals surface area contributed by atoms with E-state index in [1.165, 1.54) is 0 Å². The van der Waals surface area contributed by atoms with E-state index in [0.717, 1.165) is 0 Å². The Kier molecular flexibility index (Phi) is 19.3. The van der Waals surface area contributed by atoms with Crippen LogP contribution in [0.1, 0.15) is 83.1 Å². The van der Waals surface area contributed by atoms with Crippen molar-refractivity contribution in [1.29, 1.82) is 0 Å². The standard InChI is InChI=1S/2C4H9As.2C4H9.2Ga/c2*1-4(2,3)5;2*1-4(2)3;;/h2*1-3H3;2*1-3H3;;. The Balaban J connectivity index is -0.0000000853. The molecule has 116 valence electrons. The molecule has 0 aliphatic heterocycles. The molecule has 0 atom stereocenters. The summed E-state index contributed by atoms with van der Waals surface area (Å²) in [6, 6.07) is 0. The molecule has 0 aliphatic rings. The zero-order valence-electron chi connectivity index (χ0n) is 16.0. The van der Waals surface area contributed by atoms with Gasteiger partial charge in [-0.05, 0) is 0 Å². The molecule has 0 aromatic rings. The van der Waals surface area contributed by atoms with Gasteiger partial charge in [-0.2, -0.15) is 0 Å². The predicted molar refractivity (Wildman–Crippen MR) is 102 cm³/mol.